The van der Waals surface area contributed by atoms with Gasteiger partial charge in [-0.2, -0.15) is 5.10 Å². The molecule has 0 fully saturated rings. The molecular formula is C14H19N3O2. The van der Waals surface area contributed by atoms with Crippen LogP contribution in [-0.2, 0) is 13.5 Å². The van der Waals surface area contributed by atoms with E-state index >= 15 is 0 Å². The number of hydrogen-bond acceptors (Lipinski definition) is 4. The van der Waals surface area contributed by atoms with Gasteiger partial charge >= 0.3 is 0 Å². The van der Waals surface area contributed by atoms with E-state index in [9.17, 15) is 0 Å². The summed E-state index contributed by atoms with van der Waals surface area (Å²) in [4.78, 5) is 0. The summed E-state index contributed by atoms with van der Waals surface area (Å²) in [5.74, 6) is 2.22. The van der Waals surface area contributed by atoms with Crippen LogP contribution in [0.4, 0.5) is 5.82 Å². The molecule has 0 saturated heterocycles. The average molecular weight is 261 g/mol. The first-order valence-electron chi connectivity index (χ1n) is 6.16. The van der Waals surface area contributed by atoms with Crippen LogP contribution in [0.5, 0.6) is 11.5 Å². The maximum atomic E-state index is 5.86. The summed E-state index contributed by atoms with van der Waals surface area (Å²) in [7, 11) is 5.13. The highest BCUT2D eigenvalue weighted by Crippen LogP contribution is 2.38. The van der Waals surface area contributed by atoms with Gasteiger partial charge in [0.15, 0.2) is 0 Å². The first-order valence-corrected chi connectivity index (χ1v) is 6.16. The van der Waals surface area contributed by atoms with Gasteiger partial charge in [0.25, 0.3) is 0 Å². The largest absolute Gasteiger partial charge is 0.496 e. The summed E-state index contributed by atoms with van der Waals surface area (Å²) in [6.07, 6.45) is 0.826. The topological polar surface area (TPSA) is 62.3 Å². The molecule has 0 radical (unpaired) electrons. The number of aromatic nitrogens is 2. The third kappa shape index (κ3) is 2.23. The van der Waals surface area contributed by atoms with Crippen LogP contribution in [0.3, 0.4) is 0 Å². The van der Waals surface area contributed by atoms with Gasteiger partial charge in [-0.25, -0.2) is 0 Å². The van der Waals surface area contributed by atoms with E-state index in [1.165, 1.54) is 0 Å². The molecule has 0 aliphatic carbocycles. The molecule has 102 valence electrons. The minimum absolute atomic E-state index is 0.613. The molecule has 2 aromatic rings. The Labute approximate surface area is 112 Å². The van der Waals surface area contributed by atoms with Gasteiger partial charge in [-0.1, -0.05) is 6.92 Å². The predicted octanol–water partition coefficient (Wildman–Crippen LogP) is 2.25. The van der Waals surface area contributed by atoms with Gasteiger partial charge in [0.1, 0.15) is 17.3 Å². The SMILES string of the molecule is CCc1c(OC)ccc(OC)c1-c1cc(N)n(C)n1. The van der Waals surface area contributed by atoms with Crippen molar-refractivity contribution in [1.29, 1.82) is 0 Å². The van der Waals surface area contributed by atoms with Crippen LogP contribution >= 0.6 is 0 Å². The zero-order chi connectivity index (χ0) is 14.0. The molecule has 2 N–H and O–H groups in total. The monoisotopic (exact) mass is 261 g/mol. The standard InChI is InChI=1S/C14H19N3O2/c1-5-9-11(18-3)6-7-12(19-4)14(9)10-8-13(15)17(2)16-10/h6-8H,5,15H2,1-4H3. The van der Waals surface area contributed by atoms with E-state index in [1.54, 1.807) is 18.9 Å². The number of benzene rings is 1. The second-order valence-electron chi connectivity index (χ2n) is 4.26. The maximum Gasteiger partial charge on any atom is 0.128 e. The van der Waals surface area contributed by atoms with Gasteiger partial charge in [0.2, 0.25) is 0 Å². The predicted molar refractivity (Wildman–Crippen MR) is 75.5 cm³/mol. The molecule has 0 unspecified atom stereocenters. The lowest BCUT2D eigenvalue weighted by molar-refractivity contribution is 0.400. The number of nitrogens with zero attached hydrogens (tertiary/aromatic N) is 2. The third-order valence-electron chi connectivity index (χ3n) is 3.20. The Balaban J connectivity index is 2.71. The van der Waals surface area contributed by atoms with E-state index in [0.717, 1.165) is 34.7 Å². The van der Waals surface area contributed by atoms with Crippen molar-refractivity contribution in [1.82, 2.24) is 9.78 Å². The van der Waals surface area contributed by atoms with Crippen molar-refractivity contribution < 1.29 is 9.47 Å². The van der Waals surface area contributed by atoms with E-state index in [0.29, 0.717) is 5.82 Å². The smallest absolute Gasteiger partial charge is 0.128 e. The van der Waals surface area contributed by atoms with Crippen molar-refractivity contribution in [3.05, 3.63) is 23.8 Å². The molecule has 5 nitrogen and oxygen atoms in total. The first kappa shape index (κ1) is 13.3. The zero-order valence-corrected chi connectivity index (χ0v) is 11.7. The number of rotatable bonds is 4. The van der Waals surface area contributed by atoms with E-state index in [2.05, 4.69) is 12.0 Å². The van der Waals surface area contributed by atoms with Crippen molar-refractivity contribution in [3.8, 4) is 22.8 Å². The molecule has 0 atom stereocenters. The van der Waals surface area contributed by atoms with Crippen LogP contribution in [0.15, 0.2) is 18.2 Å². The third-order valence-corrected chi connectivity index (χ3v) is 3.20. The second kappa shape index (κ2) is 5.22. The Morgan fingerprint density at radius 3 is 2.32 bits per heavy atom. The first-order chi connectivity index (χ1) is 9.12. The number of nitrogens with two attached hydrogens (primary N) is 1. The number of nitrogen functional groups attached to an aromatic ring is 1. The van der Waals surface area contributed by atoms with Crippen LogP contribution in [0.25, 0.3) is 11.3 Å². The Morgan fingerprint density at radius 2 is 1.84 bits per heavy atom. The quantitative estimate of drug-likeness (QED) is 0.917. The van der Waals surface area contributed by atoms with E-state index in [4.69, 9.17) is 15.2 Å². The molecule has 1 heterocycles. The van der Waals surface area contributed by atoms with Gasteiger partial charge in [-0.15, -0.1) is 0 Å². The summed E-state index contributed by atoms with van der Waals surface area (Å²) < 4.78 is 12.5. The van der Waals surface area contributed by atoms with Crippen molar-refractivity contribution in [3.63, 3.8) is 0 Å². The Hall–Kier alpha value is -2.17. The second-order valence-corrected chi connectivity index (χ2v) is 4.26. The maximum absolute atomic E-state index is 5.86. The highest BCUT2D eigenvalue weighted by Gasteiger charge is 2.18. The fraction of sp³-hybridized carbons (Fsp3) is 0.357. The van der Waals surface area contributed by atoms with Crippen molar-refractivity contribution in [2.75, 3.05) is 20.0 Å². The number of methoxy groups -OCH3 is 2. The molecule has 0 spiro atoms. The average Bonchev–Trinajstić information content (AvgIpc) is 2.76. The van der Waals surface area contributed by atoms with Crippen LogP contribution < -0.4 is 15.2 Å². The van der Waals surface area contributed by atoms with Crippen LogP contribution in [0.2, 0.25) is 0 Å². The van der Waals surface area contributed by atoms with Gasteiger partial charge in [-0.3, -0.25) is 4.68 Å². The van der Waals surface area contributed by atoms with Crippen LogP contribution in [-0.4, -0.2) is 24.0 Å². The summed E-state index contributed by atoms with van der Waals surface area (Å²) in [5, 5.41) is 4.43. The van der Waals surface area contributed by atoms with Gasteiger partial charge in [0, 0.05) is 18.7 Å². The van der Waals surface area contributed by atoms with E-state index in [1.807, 2.05) is 25.2 Å². The van der Waals surface area contributed by atoms with Gasteiger partial charge in [-0.05, 0) is 18.6 Å². The Kier molecular flexibility index (Phi) is 3.64. The molecule has 0 amide bonds. The van der Waals surface area contributed by atoms with Crippen molar-refractivity contribution in [2.45, 2.75) is 13.3 Å². The molecule has 5 heteroatoms. The van der Waals surface area contributed by atoms with E-state index in [-0.39, 0.29) is 0 Å². The lowest BCUT2D eigenvalue weighted by Crippen LogP contribution is -1.99. The molecule has 0 saturated carbocycles. The molecule has 2 rings (SSSR count). The minimum Gasteiger partial charge on any atom is -0.496 e. The molecule has 0 bridgehead atoms. The van der Waals surface area contributed by atoms with Crippen LogP contribution in [0.1, 0.15) is 12.5 Å². The number of ether oxygens (including phenoxy) is 2. The molecule has 1 aromatic carbocycles. The Bertz CT molecular complexity index is 571. The van der Waals surface area contributed by atoms with Crippen molar-refractivity contribution >= 4 is 5.82 Å². The van der Waals surface area contributed by atoms with Crippen molar-refractivity contribution in [2.24, 2.45) is 7.05 Å². The fourth-order valence-electron chi connectivity index (χ4n) is 2.20. The van der Waals surface area contributed by atoms with Gasteiger partial charge in [0.05, 0.1) is 25.5 Å². The molecular weight excluding hydrogens is 242 g/mol. The lowest BCUT2D eigenvalue weighted by Gasteiger charge is -2.14. The summed E-state index contributed by atoms with van der Waals surface area (Å²) in [6, 6.07) is 5.64. The number of hydrogen-bond donors (Lipinski definition) is 1. The Morgan fingerprint density at radius 1 is 1.21 bits per heavy atom. The van der Waals surface area contributed by atoms with Gasteiger partial charge < -0.3 is 15.2 Å². The molecule has 19 heavy (non-hydrogen) atoms. The highest BCUT2D eigenvalue weighted by molar-refractivity contribution is 5.75. The summed E-state index contributed by atoms with van der Waals surface area (Å²) in [6.45, 7) is 2.08. The summed E-state index contributed by atoms with van der Waals surface area (Å²) in [5.41, 5.74) is 8.67. The van der Waals surface area contributed by atoms with E-state index < -0.39 is 0 Å². The molecule has 0 aliphatic heterocycles. The number of aryl methyl sites for hydroxylation is 1. The summed E-state index contributed by atoms with van der Waals surface area (Å²) >= 11 is 0. The number of anilines is 1. The zero-order valence-electron chi connectivity index (χ0n) is 11.7. The normalized spacial score (nSPS) is 10.5. The highest BCUT2D eigenvalue weighted by atomic mass is 16.5. The lowest BCUT2D eigenvalue weighted by atomic mass is 10.00. The fourth-order valence-corrected chi connectivity index (χ4v) is 2.20. The molecule has 1 aromatic heterocycles. The van der Waals surface area contributed by atoms with Crippen LogP contribution in [0, 0.1) is 0 Å². The molecule has 0 aliphatic rings. The minimum atomic E-state index is 0.613.